The van der Waals surface area contributed by atoms with Crippen molar-refractivity contribution in [2.75, 3.05) is 18.6 Å². The van der Waals surface area contributed by atoms with E-state index < -0.39 is 0 Å². The fourth-order valence-corrected chi connectivity index (χ4v) is 5.63. The van der Waals surface area contributed by atoms with Gasteiger partial charge < -0.3 is 9.64 Å². The Kier molecular flexibility index (Phi) is 6.04. The number of rotatable bonds is 6. The lowest BCUT2D eigenvalue weighted by Gasteiger charge is -2.26. The van der Waals surface area contributed by atoms with Gasteiger partial charge in [-0.05, 0) is 44.6 Å². The van der Waals surface area contributed by atoms with E-state index in [1.165, 1.54) is 25.7 Å². The van der Waals surface area contributed by atoms with Crippen LogP contribution in [-0.4, -0.2) is 40.3 Å². The number of methoxy groups -OCH3 is 1. The summed E-state index contributed by atoms with van der Waals surface area (Å²) in [6.45, 7) is 3.11. The molecule has 1 atom stereocenters. The molecule has 0 bridgehead atoms. The summed E-state index contributed by atoms with van der Waals surface area (Å²) < 4.78 is 5.49. The molecule has 1 saturated heterocycles. The van der Waals surface area contributed by atoms with Crippen molar-refractivity contribution >= 4 is 17.6 Å². The molecule has 33 heavy (non-hydrogen) atoms. The van der Waals surface area contributed by atoms with Crippen LogP contribution in [0.3, 0.4) is 0 Å². The Labute approximate surface area is 195 Å². The minimum atomic E-state index is -0.105. The van der Waals surface area contributed by atoms with E-state index in [2.05, 4.69) is 0 Å². The van der Waals surface area contributed by atoms with Crippen LogP contribution < -0.4 is 9.64 Å². The van der Waals surface area contributed by atoms with Gasteiger partial charge in [-0.1, -0.05) is 31.0 Å². The lowest BCUT2D eigenvalue weighted by Crippen LogP contribution is -2.33. The molecule has 0 radical (unpaired) electrons. The Bertz CT molecular complexity index is 1060. The average Bonchev–Trinajstić information content (AvgIpc) is 3.56. The van der Waals surface area contributed by atoms with Crippen molar-refractivity contribution in [2.24, 2.45) is 5.92 Å². The van der Waals surface area contributed by atoms with Gasteiger partial charge in [0.1, 0.15) is 11.6 Å². The molecule has 1 aromatic heterocycles. The monoisotopic (exact) mass is 448 g/mol. The van der Waals surface area contributed by atoms with Crippen molar-refractivity contribution in [1.82, 2.24) is 14.9 Å². The van der Waals surface area contributed by atoms with E-state index in [-0.39, 0.29) is 17.9 Å². The summed E-state index contributed by atoms with van der Waals surface area (Å²) >= 11 is 0. The van der Waals surface area contributed by atoms with E-state index in [0.29, 0.717) is 36.9 Å². The van der Waals surface area contributed by atoms with Gasteiger partial charge in [-0.2, -0.15) is 0 Å². The molecule has 3 aliphatic rings. The third kappa shape index (κ3) is 4.21. The highest BCUT2D eigenvalue weighted by Crippen LogP contribution is 2.37. The fourth-order valence-electron chi connectivity index (χ4n) is 5.63. The van der Waals surface area contributed by atoms with Crippen LogP contribution in [0.1, 0.15) is 73.6 Å². The molecule has 5 rings (SSSR count). The van der Waals surface area contributed by atoms with Gasteiger partial charge in [-0.25, -0.2) is 9.97 Å². The Balaban J connectivity index is 1.42. The predicted molar refractivity (Wildman–Crippen MR) is 125 cm³/mol. The summed E-state index contributed by atoms with van der Waals surface area (Å²) in [6.07, 6.45) is 7.59. The van der Waals surface area contributed by atoms with E-state index in [9.17, 15) is 9.59 Å². The SMILES string of the molecule is COc1ccccc1CN1C(=O)Cc2c(C)nc([C@H]3CCCN3C(=O)CC3CCCC3)nc21. The summed E-state index contributed by atoms with van der Waals surface area (Å²) in [4.78, 5) is 39.5. The molecule has 1 saturated carbocycles. The molecule has 0 spiro atoms. The lowest BCUT2D eigenvalue weighted by molar-refractivity contribution is -0.133. The van der Waals surface area contributed by atoms with Crippen molar-refractivity contribution in [3.05, 3.63) is 46.9 Å². The maximum absolute atomic E-state index is 13.1. The molecule has 1 aliphatic carbocycles. The van der Waals surface area contributed by atoms with Crippen molar-refractivity contribution in [3.63, 3.8) is 0 Å². The number of aryl methyl sites for hydroxylation is 1. The number of carbonyl (C=O) groups excluding carboxylic acids is 2. The zero-order valence-electron chi connectivity index (χ0n) is 19.5. The molecule has 3 heterocycles. The average molecular weight is 449 g/mol. The van der Waals surface area contributed by atoms with Gasteiger partial charge in [0.15, 0.2) is 5.82 Å². The zero-order chi connectivity index (χ0) is 22.9. The number of aromatic nitrogens is 2. The highest BCUT2D eigenvalue weighted by molar-refractivity contribution is 6.00. The summed E-state index contributed by atoms with van der Waals surface area (Å²) in [5.74, 6) is 2.88. The number of carbonyl (C=O) groups is 2. The van der Waals surface area contributed by atoms with Gasteiger partial charge in [0.2, 0.25) is 11.8 Å². The fraction of sp³-hybridized carbons (Fsp3) is 0.538. The van der Waals surface area contributed by atoms with Gasteiger partial charge in [-0.15, -0.1) is 0 Å². The molecule has 7 nitrogen and oxygen atoms in total. The molecule has 174 valence electrons. The highest BCUT2D eigenvalue weighted by atomic mass is 16.5. The standard InChI is InChI=1S/C26H32N4O3/c1-17-20-15-24(32)30(16-19-10-5-6-12-22(19)33-2)26(20)28-25(27-17)21-11-7-13-29(21)23(31)14-18-8-3-4-9-18/h5-6,10,12,18,21H,3-4,7-9,11,13-16H2,1-2H3/t21-/m1/s1. The summed E-state index contributed by atoms with van der Waals surface area (Å²) in [5.41, 5.74) is 2.66. The third-order valence-electron chi connectivity index (χ3n) is 7.42. The Morgan fingerprint density at radius 1 is 1.12 bits per heavy atom. The number of hydrogen-bond acceptors (Lipinski definition) is 5. The number of nitrogens with zero attached hydrogens (tertiary/aromatic N) is 4. The van der Waals surface area contributed by atoms with E-state index in [4.69, 9.17) is 14.7 Å². The van der Waals surface area contributed by atoms with Gasteiger partial charge in [-0.3, -0.25) is 14.5 Å². The van der Waals surface area contributed by atoms with Crippen LogP contribution in [0.2, 0.25) is 0 Å². The Hall–Kier alpha value is -2.96. The number of ether oxygens (including phenoxy) is 1. The first-order chi connectivity index (χ1) is 16.0. The van der Waals surface area contributed by atoms with Gasteiger partial charge in [0.05, 0.1) is 26.1 Å². The molecule has 1 aromatic carbocycles. The maximum atomic E-state index is 13.1. The second-order valence-corrected chi connectivity index (χ2v) is 9.54. The van der Waals surface area contributed by atoms with Gasteiger partial charge >= 0.3 is 0 Å². The molecule has 2 amide bonds. The molecule has 2 aliphatic heterocycles. The number of fused-ring (bicyclic) bond motifs is 1. The molecule has 2 aromatic rings. The van der Waals surface area contributed by atoms with Crippen LogP contribution in [0.5, 0.6) is 5.75 Å². The van der Waals surface area contributed by atoms with Crippen LogP contribution in [0.25, 0.3) is 0 Å². The topological polar surface area (TPSA) is 75.6 Å². The van der Waals surface area contributed by atoms with Crippen LogP contribution >= 0.6 is 0 Å². The van der Waals surface area contributed by atoms with E-state index in [0.717, 1.165) is 42.0 Å². The predicted octanol–water partition coefficient (Wildman–Crippen LogP) is 4.13. The molecule has 2 fully saturated rings. The van der Waals surface area contributed by atoms with Crippen LogP contribution in [-0.2, 0) is 22.6 Å². The minimum absolute atomic E-state index is 0.0195. The number of hydrogen-bond donors (Lipinski definition) is 0. The Morgan fingerprint density at radius 2 is 1.91 bits per heavy atom. The summed E-state index contributed by atoms with van der Waals surface area (Å²) in [6, 6.07) is 7.64. The molecular weight excluding hydrogens is 416 g/mol. The van der Waals surface area contributed by atoms with E-state index in [1.54, 1.807) is 12.0 Å². The minimum Gasteiger partial charge on any atom is -0.496 e. The van der Waals surface area contributed by atoms with Gasteiger partial charge in [0, 0.05) is 29.8 Å². The third-order valence-corrected chi connectivity index (χ3v) is 7.42. The lowest BCUT2D eigenvalue weighted by atomic mass is 10.0. The van der Waals surface area contributed by atoms with Crippen molar-refractivity contribution in [2.45, 2.75) is 70.9 Å². The smallest absolute Gasteiger partial charge is 0.233 e. The highest BCUT2D eigenvalue weighted by Gasteiger charge is 2.37. The zero-order valence-corrected chi connectivity index (χ0v) is 19.5. The van der Waals surface area contributed by atoms with Crippen molar-refractivity contribution in [1.29, 1.82) is 0 Å². The maximum Gasteiger partial charge on any atom is 0.233 e. The van der Waals surface area contributed by atoms with E-state index >= 15 is 0 Å². The first kappa shape index (κ1) is 21.9. The van der Waals surface area contributed by atoms with Crippen molar-refractivity contribution < 1.29 is 14.3 Å². The largest absolute Gasteiger partial charge is 0.496 e. The number of likely N-dealkylation sites (tertiary alicyclic amines) is 1. The van der Waals surface area contributed by atoms with Crippen LogP contribution in [0, 0.1) is 12.8 Å². The number of benzene rings is 1. The first-order valence-corrected chi connectivity index (χ1v) is 12.1. The van der Waals surface area contributed by atoms with E-state index in [1.807, 2.05) is 36.1 Å². The number of para-hydroxylation sites is 1. The molecule has 0 N–H and O–H groups in total. The van der Waals surface area contributed by atoms with Crippen molar-refractivity contribution in [3.8, 4) is 5.75 Å². The second-order valence-electron chi connectivity index (χ2n) is 9.54. The second kappa shape index (κ2) is 9.12. The summed E-state index contributed by atoms with van der Waals surface area (Å²) in [5, 5.41) is 0. The summed E-state index contributed by atoms with van der Waals surface area (Å²) in [7, 11) is 1.64. The Morgan fingerprint density at radius 3 is 2.70 bits per heavy atom. The quantitative estimate of drug-likeness (QED) is 0.664. The molecule has 7 heteroatoms. The number of amides is 2. The number of anilines is 1. The molecule has 0 unspecified atom stereocenters. The van der Waals surface area contributed by atoms with Crippen LogP contribution in [0.15, 0.2) is 24.3 Å². The normalized spacial score (nSPS) is 20.5. The molecular formula is C26H32N4O3. The van der Waals surface area contributed by atoms with Crippen LogP contribution in [0.4, 0.5) is 5.82 Å². The van der Waals surface area contributed by atoms with Gasteiger partial charge in [0.25, 0.3) is 0 Å². The first-order valence-electron chi connectivity index (χ1n) is 12.1.